The Bertz CT molecular complexity index is 546. The normalized spacial score (nSPS) is 10.3. The van der Waals surface area contributed by atoms with Crippen LogP contribution in [0.2, 0.25) is 0 Å². The lowest BCUT2D eigenvalue weighted by Gasteiger charge is -2.03. The fourth-order valence-corrected chi connectivity index (χ4v) is 1.82. The lowest BCUT2D eigenvalue weighted by atomic mass is 10.0. The number of hydrogen-bond donors (Lipinski definition) is 0. The maximum atomic E-state index is 13.3. The Hall–Kier alpha value is -1.96. The average Bonchev–Trinajstić information content (AvgIpc) is 2.41. The molecule has 0 unspecified atom stereocenters. The van der Waals surface area contributed by atoms with Gasteiger partial charge in [0.05, 0.1) is 0 Å². The third kappa shape index (κ3) is 3.04. The summed E-state index contributed by atoms with van der Waals surface area (Å²) < 4.78 is 13.3. The first-order chi connectivity index (χ1) is 8.66. The Morgan fingerprint density at radius 3 is 2.50 bits per heavy atom. The topological polar surface area (TPSA) is 17.1 Å². The van der Waals surface area contributed by atoms with E-state index in [1.54, 1.807) is 25.1 Å². The molecule has 1 nitrogen and oxygen atoms in total. The van der Waals surface area contributed by atoms with E-state index in [0.717, 1.165) is 5.56 Å². The zero-order valence-electron chi connectivity index (χ0n) is 10.3. The number of carbonyl (C=O) groups is 1. The van der Waals surface area contributed by atoms with E-state index in [1.165, 1.54) is 6.07 Å². The van der Waals surface area contributed by atoms with Gasteiger partial charge >= 0.3 is 0 Å². The van der Waals surface area contributed by atoms with E-state index in [4.69, 9.17) is 0 Å². The number of halogens is 1. The summed E-state index contributed by atoms with van der Waals surface area (Å²) in [5, 5.41) is 0. The maximum absolute atomic E-state index is 13.3. The smallest absolute Gasteiger partial charge is 0.163 e. The summed E-state index contributed by atoms with van der Waals surface area (Å²) >= 11 is 0. The van der Waals surface area contributed by atoms with E-state index < -0.39 is 0 Å². The summed E-state index contributed by atoms with van der Waals surface area (Å²) in [6.07, 6.45) is 0.984. The number of carbonyl (C=O) groups excluding carboxylic acids is 1. The van der Waals surface area contributed by atoms with E-state index in [0.29, 0.717) is 24.0 Å². The molecule has 2 rings (SSSR count). The fourth-order valence-electron chi connectivity index (χ4n) is 1.82. The third-order valence-corrected chi connectivity index (χ3v) is 2.97. The molecule has 2 aromatic carbocycles. The van der Waals surface area contributed by atoms with Gasteiger partial charge < -0.3 is 0 Å². The highest BCUT2D eigenvalue weighted by Gasteiger charge is 2.06. The number of benzene rings is 2. The first-order valence-electron chi connectivity index (χ1n) is 6.00. The van der Waals surface area contributed by atoms with Crippen LogP contribution in [0.4, 0.5) is 4.39 Å². The lowest BCUT2D eigenvalue weighted by molar-refractivity contribution is 0.0983. The average molecular weight is 242 g/mol. The minimum absolute atomic E-state index is 0.0941. The largest absolute Gasteiger partial charge is 0.294 e. The molecule has 0 atom stereocenters. The third-order valence-electron chi connectivity index (χ3n) is 2.97. The van der Waals surface area contributed by atoms with E-state index >= 15 is 0 Å². The predicted molar refractivity (Wildman–Crippen MR) is 70.2 cm³/mol. The molecule has 0 heterocycles. The van der Waals surface area contributed by atoms with Crippen molar-refractivity contribution in [3.05, 3.63) is 71.0 Å². The molecule has 0 amide bonds. The Balaban J connectivity index is 1.99. The van der Waals surface area contributed by atoms with Gasteiger partial charge in [0.15, 0.2) is 5.78 Å². The zero-order chi connectivity index (χ0) is 13.0. The van der Waals surface area contributed by atoms with Gasteiger partial charge in [-0.25, -0.2) is 4.39 Å². The predicted octanol–water partition coefficient (Wildman–Crippen LogP) is 3.95. The van der Waals surface area contributed by atoms with E-state index in [-0.39, 0.29) is 11.6 Å². The van der Waals surface area contributed by atoms with Crippen molar-refractivity contribution in [2.45, 2.75) is 19.8 Å². The van der Waals surface area contributed by atoms with Gasteiger partial charge in [0.25, 0.3) is 0 Å². The van der Waals surface area contributed by atoms with Gasteiger partial charge in [0.2, 0.25) is 0 Å². The van der Waals surface area contributed by atoms with E-state index in [9.17, 15) is 9.18 Å². The van der Waals surface area contributed by atoms with Gasteiger partial charge in [0.1, 0.15) is 5.82 Å². The van der Waals surface area contributed by atoms with Gasteiger partial charge in [-0.1, -0.05) is 42.5 Å². The molecule has 0 saturated carbocycles. The molecule has 0 aromatic heterocycles. The molecule has 0 aliphatic rings. The number of Topliss-reactive ketones (excluding diaryl/α,β-unsaturated/α-hetero) is 1. The highest BCUT2D eigenvalue weighted by molar-refractivity contribution is 5.96. The van der Waals surface area contributed by atoms with Crippen LogP contribution < -0.4 is 0 Å². The van der Waals surface area contributed by atoms with Crippen molar-refractivity contribution >= 4 is 5.78 Å². The second kappa shape index (κ2) is 5.58. The van der Waals surface area contributed by atoms with Crippen LogP contribution in [0.25, 0.3) is 0 Å². The Morgan fingerprint density at radius 2 is 1.83 bits per heavy atom. The van der Waals surface area contributed by atoms with Gasteiger partial charge in [-0.2, -0.15) is 0 Å². The molecular formula is C16H15FO. The van der Waals surface area contributed by atoms with Gasteiger partial charge in [-0.15, -0.1) is 0 Å². The molecule has 18 heavy (non-hydrogen) atoms. The highest BCUT2D eigenvalue weighted by Crippen LogP contribution is 2.12. The molecule has 0 spiro atoms. The second-order valence-electron chi connectivity index (χ2n) is 4.37. The van der Waals surface area contributed by atoms with Gasteiger partial charge in [-0.3, -0.25) is 4.79 Å². The van der Waals surface area contributed by atoms with Crippen LogP contribution in [0, 0.1) is 12.7 Å². The van der Waals surface area contributed by atoms with Crippen molar-refractivity contribution in [2.24, 2.45) is 0 Å². The monoisotopic (exact) mass is 242 g/mol. The van der Waals surface area contributed by atoms with Crippen LogP contribution in [-0.2, 0) is 6.42 Å². The first-order valence-corrected chi connectivity index (χ1v) is 6.00. The molecule has 0 N–H and O–H groups in total. The minimum atomic E-state index is -0.209. The summed E-state index contributed by atoms with van der Waals surface area (Å²) in [7, 11) is 0. The molecule has 0 aliphatic heterocycles. The molecular weight excluding hydrogens is 227 g/mol. The SMILES string of the molecule is Cc1ccc(CCC(=O)c2ccccc2)cc1F. The lowest BCUT2D eigenvalue weighted by Crippen LogP contribution is -2.01. The highest BCUT2D eigenvalue weighted by atomic mass is 19.1. The summed E-state index contributed by atoms with van der Waals surface area (Å²) in [5.74, 6) is -0.115. The quantitative estimate of drug-likeness (QED) is 0.742. The standard InChI is InChI=1S/C16H15FO/c1-12-7-8-13(11-15(12)17)9-10-16(18)14-5-3-2-4-6-14/h2-8,11H,9-10H2,1H3. The summed E-state index contributed by atoms with van der Waals surface area (Å²) in [6, 6.07) is 14.3. The molecule has 0 bridgehead atoms. The van der Waals surface area contributed by atoms with Crippen LogP contribution in [0.3, 0.4) is 0 Å². The molecule has 0 saturated heterocycles. The van der Waals surface area contributed by atoms with Crippen molar-refractivity contribution in [3.8, 4) is 0 Å². The number of rotatable bonds is 4. The molecule has 2 aromatic rings. The second-order valence-corrected chi connectivity index (χ2v) is 4.37. The molecule has 2 heteroatoms. The van der Waals surface area contributed by atoms with Crippen molar-refractivity contribution in [1.29, 1.82) is 0 Å². The van der Waals surface area contributed by atoms with Crippen molar-refractivity contribution < 1.29 is 9.18 Å². The van der Waals surface area contributed by atoms with Gasteiger partial charge in [-0.05, 0) is 30.5 Å². The van der Waals surface area contributed by atoms with Crippen molar-refractivity contribution in [2.75, 3.05) is 0 Å². The molecule has 92 valence electrons. The molecule has 0 aliphatic carbocycles. The Kier molecular flexibility index (Phi) is 3.88. The van der Waals surface area contributed by atoms with E-state index in [2.05, 4.69) is 0 Å². The number of ketones is 1. The Labute approximate surface area is 106 Å². The van der Waals surface area contributed by atoms with Crippen LogP contribution >= 0.6 is 0 Å². The fraction of sp³-hybridized carbons (Fsp3) is 0.188. The molecule has 0 radical (unpaired) electrons. The van der Waals surface area contributed by atoms with E-state index in [1.807, 2.05) is 24.3 Å². The molecule has 0 fully saturated rings. The maximum Gasteiger partial charge on any atom is 0.163 e. The summed E-state index contributed by atoms with van der Waals surface area (Å²) in [5.41, 5.74) is 2.21. The zero-order valence-corrected chi connectivity index (χ0v) is 10.3. The summed E-state index contributed by atoms with van der Waals surface area (Å²) in [4.78, 5) is 11.9. The first kappa shape index (κ1) is 12.5. The summed E-state index contributed by atoms with van der Waals surface area (Å²) in [6.45, 7) is 1.73. The minimum Gasteiger partial charge on any atom is -0.294 e. The van der Waals surface area contributed by atoms with Crippen molar-refractivity contribution in [3.63, 3.8) is 0 Å². The number of hydrogen-bond acceptors (Lipinski definition) is 1. The number of aryl methyl sites for hydroxylation is 2. The van der Waals surface area contributed by atoms with Gasteiger partial charge in [0, 0.05) is 12.0 Å². The van der Waals surface area contributed by atoms with Crippen molar-refractivity contribution in [1.82, 2.24) is 0 Å². The van der Waals surface area contributed by atoms with Crippen LogP contribution in [-0.4, -0.2) is 5.78 Å². The van der Waals surface area contributed by atoms with Crippen LogP contribution in [0.5, 0.6) is 0 Å². The van der Waals surface area contributed by atoms with Crippen LogP contribution in [0.1, 0.15) is 27.9 Å². The Morgan fingerprint density at radius 1 is 1.11 bits per heavy atom. The van der Waals surface area contributed by atoms with Crippen LogP contribution in [0.15, 0.2) is 48.5 Å².